The van der Waals surface area contributed by atoms with Crippen LogP contribution in [0.15, 0.2) is 18.2 Å². The Bertz CT molecular complexity index is 435. The lowest BCUT2D eigenvalue weighted by Crippen LogP contribution is -2.27. The van der Waals surface area contributed by atoms with Crippen molar-refractivity contribution in [3.63, 3.8) is 0 Å². The lowest BCUT2D eigenvalue weighted by Gasteiger charge is -2.24. The predicted octanol–water partition coefficient (Wildman–Crippen LogP) is 1.87. The van der Waals surface area contributed by atoms with Gasteiger partial charge in [-0.05, 0) is 31.9 Å². The van der Waals surface area contributed by atoms with E-state index in [4.69, 9.17) is 5.84 Å². The highest BCUT2D eigenvalue weighted by Gasteiger charge is 2.28. The zero-order valence-corrected chi connectivity index (χ0v) is 9.72. The van der Waals surface area contributed by atoms with Gasteiger partial charge in [-0.15, -0.1) is 0 Å². The lowest BCUT2D eigenvalue weighted by molar-refractivity contribution is -0.383. The van der Waals surface area contributed by atoms with Crippen molar-refractivity contribution in [1.29, 1.82) is 0 Å². The normalized spacial score (nSPS) is 19.4. The van der Waals surface area contributed by atoms with Gasteiger partial charge in [-0.3, -0.25) is 16.0 Å². The molecule has 1 heterocycles. The van der Waals surface area contributed by atoms with E-state index in [9.17, 15) is 10.1 Å². The third-order valence-corrected chi connectivity index (χ3v) is 3.22. The maximum atomic E-state index is 11.1. The second-order valence-electron chi connectivity index (χ2n) is 4.26. The zero-order valence-electron chi connectivity index (χ0n) is 9.72. The Morgan fingerprint density at radius 1 is 1.59 bits per heavy atom. The Balaban J connectivity index is 2.49. The molecule has 0 amide bonds. The van der Waals surface area contributed by atoms with Gasteiger partial charge < -0.3 is 10.3 Å². The van der Waals surface area contributed by atoms with E-state index in [1.807, 2.05) is 0 Å². The van der Waals surface area contributed by atoms with Crippen LogP contribution in [0.5, 0.6) is 0 Å². The van der Waals surface area contributed by atoms with Crippen LogP contribution in [-0.4, -0.2) is 17.5 Å². The maximum absolute atomic E-state index is 11.1. The van der Waals surface area contributed by atoms with Gasteiger partial charge in [0.1, 0.15) is 11.4 Å². The van der Waals surface area contributed by atoms with Crippen molar-refractivity contribution in [3.05, 3.63) is 28.3 Å². The highest BCUT2D eigenvalue weighted by molar-refractivity contribution is 5.77. The van der Waals surface area contributed by atoms with Crippen LogP contribution in [0.3, 0.4) is 0 Å². The molecule has 1 atom stereocenters. The Morgan fingerprint density at radius 2 is 2.35 bits per heavy atom. The number of rotatable bonds is 3. The SMILES string of the molecule is CC1CCCN1c1cccc(NN)c1[N+](=O)[O-]. The minimum Gasteiger partial charge on any atom is -0.363 e. The monoisotopic (exact) mass is 236 g/mol. The molecular formula is C11H16N4O2. The molecule has 1 aliphatic rings. The van der Waals surface area contributed by atoms with Crippen molar-refractivity contribution < 1.29 is 4.92 Å². The number of anilines is 2. The summed E-state index contributed by atoms with van der Waals surface area (Å²) in [6, 6.07) is 5.51. The van der Waals surface area contributed by atoms with Crippen molar-refractivity contribution in [2.45, 2.75) is 25.8 Å². The minimum atomic E-state index is -0.379. The van der Waals surface area contributed by atoms with Gasteiger partial charge in [0, 0.05) is 12.6 Å². The highest BCUT2D eigenvalue weighted by atomic mass is 16.6. The zero-order chi connectivity index (χ0) is 12.4. The standard InChI is InChI=1S/C11H16N4O2/c1-8-4-3-7-14(8)10-6-2-5-9(13-12)11(10)15(16)17/h2,5-6,8,13H,3-4,7,12H2,1H3. The molecular weight excluding hydrogens is 220 g/mol. The van der Waals surface area contributed by atoms with Gasteiger partial charge >= 0.3 is 5.69 Å². The van der Waals surface area contributed by atoms with E-state index in [1.165, 1.54) is 0 Å². The first kappa shape index (κ1) is 11.7. The number of hydrazine groups is 1. The molecule has 0 spiro atoms. The summed E-state index contributed by atoms with van der Waals surface area (Å²) in [5, 5.41) is 11.1. The molecule has 1 aromatic rings. The van der Waals surface area contributed by atoms with E-state index in [2.05, 4.69) is 17.2 Å². The molecule has 6 heteroatoms. The number of hydrogen-bond acceptors (Lipinski definition) is 5. The second-order valence-corrected chi connectivity index (χ2v) is 4.26. The smallest absolute Gasteiger partial charge is 0.316 e. The summed E-state index contributed by atoms with van der Waals surface area (Å²) in [6.07, 6.45) is 2.13. The van der Waals surface area contributed by atoms with E-state index < -0.39 is 0 Å². The lowest BCUT2D eigenvalue weighted by atomic mass is 10.2. The van der Waals surface area contributed by atoms with Crippen LogP contribution in [0.1, 0.15) is 19.8 Å². The van der Waals surface area contributed by atoms with Crippen LogP contribution in [-0.2, 0) is 0 Å². The quantitative estimate of drug-likeness (QED) is 0.475. The van der Waals surface area contributed by atoms with Crippen molar-refractivity contribution in [2.24, 2.45) is 5.84 Å². The van der Waals surface area contributed by atoms with Crippen molar-refractivity contribution in [3.8, 4) is 0 Å². The fourth-order valence-corrected chi connectivity index (χ4v) is 2.36. The number of nitrogen functional groups attached to an aromatic ring is 1. The first-order valence-electron chi connectivity index (χ1n) is 5.66. The van der Waals surface area contributed by atoms with Gasteiger partial charge in [0.05, 0.1) is 4.92 Å². The van der Waals surface area contributed by atoms with E-state index in [1.54, 1.807) is 18.2 Å². The number of nitro groups is 1. The predicted molar refractivity (Wildman–Crippen MR) is 66.9 cm³/mol. The summed E-state index contributed by atoms with van der Waals surface area (Å²) >= 11 is 0. The molecule has 0 bridgehead atoms. The Labute approximate surface area is 99.5 Å². The third kappa shape index (κ3) is 2.03. The number of nitrogens with two attached hydrogens (primary N) is 1. The molecule has 1 aliphatic heterocycles. The van der Waals surface area contributed by atoms with Gasteiger partial charge in [0.2, 0.25) is 0 Å². The van der Waals surface area contributed by atoms with Crippen LogP contribution >= 0.6 is 0 Å². The molecule has 3 N–H and O–H groups in total. The van der Waals surface area contributed by atoms with Crippen LogP contribution in [0.2, 0.25) is 0 Å². The van der Waals surface area contributed by atoms with Gasteiger partial charge in [0.15, 0.2) is 0 Å². The summed E-state index contributed by atoms with van der Waals surface area (Å²) in [6.45, 7) is 2.94. The van der Waals surface area contributed by atoms with Crippen LogP contribution < -0.4 is 16.2 Å². The summed E-state index contributed by atoms with van der Waals surface area (Å²) in [5.41, 5.74) is 3.45. The molecule has 17 heavy (non-hydrogen) atoms. The highest BCUT2D eigenvalue weighted by Crippen LogP contribution is 2.38. The number of nitrogens with one attached hydrogen (secondary N) is 1. The molecule has 0 radical (unpaired) electrons. The molecule has 0 aromatic heterocycles. The van der Waals surface area contributed by atoms with Crippen LogP contribution in [0.4, 0.5) is 17.1 Å². The molecule has 0 saturated carbocycles. The molecule has 1 fully saturated rings. The second kappa shape index (κ2) is 4.58. The van der Waals surface area contributed by atoms with Crippen LogP contribution in [0, 0.1) is 10.1 Å². The molecule has 92 valence electrons. The number of hydrogen-bond donors (Lipinski definition) is 2. The third-order valence-electron chi connectivity index (χ3n) is 3.22. The van der Waals surface area contributed by atoms with Gasteiger partial charge in [-0.25, -0.2) is 0 Å². The number of nitrogens with zero attached hydrogens (tertiary/aromatic N) is 2. The Morgan fingerprint density at radius 3 is 2.88 bits per heavy atom. The number of benzene rings is 1. The first-order chi connectivity index (χ1) is 8.15. The number of para-hydroxylation sites is 1. The van der Waals surface area contributed by atoms with Crippen LogP contribution in [0.25, 0.3) is 0 Å². The topological polar surface area (TPSA) is 84.4 Å². The largest absolute Gasteiger partial charge is 0.363 e. The first-order valence-corrected chi connectivity index (χ1v) is 5.66. The van der Waals surface area contributed by atoms with E-state index in [0.717, 1.165) is 19.4 Å². The minimum absolute atomic E-state index is 0.0590. The van der Waals surface area contributed by atoms with Gasteiger partial charge in [0.25, 0.3) is 0 Å². The summed E-state index contributed by atoms with van der Waals surface area (Å²) < 4.78 is 0. The molecule has 0 aliphatic carbocycles. The molecule has 1 aromatic carbocycles. The average molecular weight is 236 g/mol. The van der Waals surface area contributed by atoms with Crippen molar-refractivity contribution in [1.82, 2.24) is 0 Å². The van der Waals surface area contributed by atoms with Crippen molar-refractivity contribution in [2.75, 3.05) is 16.9 Å². The summed E-state index contributed by atoms with van der Waals surface area (Å²) in [7, 11) is 0. The van der Waals surface area contributed by atoms with E-state index in [-0.39, 0.29) is 10.6 Å². The fraction of sp³-hybridized carbons (Fsp3) is 0.455. The Hall–Kier alpha value is -1.82. The average Bonchev–Trinajstić information content (AvgIpc) is 2.74. The summed E-state index contributed by atoms with van der Waals surface area (Å²) in [4.78, 5) is 12.8. The van der Waals surface area contributed by atoms with Gasteiger partial charge in [-0.1, -0.05) is 6.07 Å². The Kier molecular flexibility index (Phi) is 3.14. The van der Waals surface area contributed by atoms with E-state index >= 15 is 0 Å². The van der Waals surface area contributed by atoms with Gasteiger partial charge in [-0.2, -0.15) is 0 Å². The fourth-order valence-electron chi connectivity index (χ4n) is 2.36. The van der Waals surface area contributed by atoms with Crippen molar-refractivity contribution >= 4 is 17.1 Å². The molecule has 2 rings (SSSR count). The molecule has 6 nitrogen and oxygen atoms in total. The number of nitro benzene ring substituents is 1. The molecule has 1 saturated heterocycles. The summed E-state index contributed by atoms with van der Waals surface area (Å²) in [5.74, 6) is 5.32. The maximum Gasteiger partial charge on any atom is 0.316 e. The van der Waals surface area contributed by atoms with E-state index in [0.29, 0.717) is 17.4 Å². The molecule has 1 unspecified atom stereocenters.